The molecule has 6 heteroatoms. The summed E-state index contributed by atoms with van der Waals surface area (Å²) in [6, 6.07) is 6.68. The monoisotopic (exact) mass is 340 g/mol. The molecule has 4 rings (SSSR count). The van der Waals surface area contributed by atoms with Crippen molar-refractivity contribution in [2.24, 2.45) is 0 Å². The van der Waals surface area contributed by atoms with E-state index in [9.17, 15) is 4.39 Å². The zero-order valence-corrected chi connectivity index (χ0v) is 14.1. The van der Waals surface area contributed by atoms with Crippen molar-refractivity contribution in [1.82, 2.24) is 15.0 Å². The maximum absolute atomic E-state index is 13.1. The van der Waals surface area contributed by atoms with Crippen molar-refractivity contribution in [3.63, 3.8) is 0 Å². The third kappa shape index (κ3) is 3.01. The molecule has 1 N–H and O–H groups in total. The molecule has 3 aromatic rings. The normalized spacial score (nSPS) is 16.7. The molecular formula is C18H17FN4S. The van der Waals surface area contributed by atoms with Crippen LogP contribution in [0.25, 0.3) is 10.6 Å². The highest BCUT2D eigenvalue weighted by Gasteiger charge is 2.25. The van der Waals surface area contributed by atoms with Gasteiger partial charge in [-0.1, -0.05) is 0 Å². The molecule has 4 nitrogen and oxygen atoms in total. The number of hydrogen-bond acceptors (Lipinski definition) is 5. The summed E-state index contributed by atoms with van der Waals surface area (Å²) in [5.41, 5.74) is 2.94. The van der Waals surface area contributed by atoms with E-state index >= 15 is 0 Å². The van der Waals surface area contributed by atoms with Gasteiger partial charge >= 0.3 is 0 Å². The Kier molecular flexibility index (Phi) is 3.98. The summed E-state index contributed by atoms with van der Waals surface area (Å²) in [6.07, 6.45) is 6.68. The summed E-state index contributed by atoms with van der Waals surface area (Å²) in [5, 5.41) is 4.41. The highest BCUT2D eigenvalue weighted by atomic mass is 32.1. The van der Waals surface area contributed by atoms with Crippen molar-refractivity contribution >= 4 is 17.2 Å². The minimum absolute atomic E-state index is 0.148. The molecule has 24 heavy (non-hydrogen) atoms. The standard InChI is InChI=1S/C18H17FN4S/c1-11-9-20-10-16(21-11)22-14-3-2-4-15-17(14)23-18(24-15)12-5-7-13(19)8-6-12/h5-10,14H,2-4H2,1H3,(H,21,22). The molecule has 2 aromatic heterocycles. The Balaban J connectivity index is 1.64. The van der Waals surface area contributed by atoms with Gasteiger partial charge in [0.05, 0.1) is 23.6 Å². The van der Waals surface area contributed by atoms with E-state index in [1.165, 1.54) is 17.0 Å². The fourth-order valence-electron chi connectivity index (χ4n) is 2.99. The number of fused-ring (bicyclic) bond motifs is 1. The van der Waals surface area contributed by atoms with Gasteiger partial charge in [-0.2, -0.15) is 0 Å². The molecule has 1 aliphatic carbocycles. The van der Waals surface area contributed by atoms with E-state index in [4.69, 9.17) is 4.98 Å². The van der Waals surface area contributed by atoms with Crippen LogP contribution in [-0.4, -0.2) is 15.0 Å². The number of thiazole rings is 1. The first kappa shape index (κ1) is 15.2. The van der Waals surface area contributed by atoms with E-state index in [1.807, 2.05) is 6.92 Å². The van der Waals surface area contributed by atoms with Crippen LogP contribution in [0, 0.1) is 12.7 Å². The lowest BCUT2D eigenvalue weighted by molar-refractivity contribution is 0.592. The lowest BCUT2D eigenvalue weighted by Crippen LogP contribution is -2.17. The van der Waals surface area contributed by atoms with Crippen molar-refractivity contribution in [3.05, 3.63) is 58.7 Å². The molecule has 0 fully saturated rings. The summed E-state index contributed by atoms with van der Waals surface area (Å²) in [5.74, 6) is 0.557. The van der Waals surface area contributed by atoms with Gasteiger partial charge in [-0.05, 0) is 50.5 Å². The first-order chi connectivity index (χ1) is 11.7. The number of rotatable bonds is 3. The number of aryl methyl sites for hydroxylation is 2. The van der Waals surface area contributed by atoms with Crippen LogP contribution in [0.1, 0.15) is 35.1 Å². The quantitative estimate of drug-likeness (QED) is 0.761. The molecule has 0 saturated heterocycles. The number of nitrogens with zero attached hydrogens (tertiary/aromatic N) is 3. The predicted molar refractivity (Wildman–Crippen MR) is 93.6 cm³/mol. The van der Waals surface area contributed by atoms with E-state index in [1.54, 1.807) is 35.9 Å². The van der Waals surface area contributed by atoms with Gasteiger partial charge in [-0.3, -0.25) is 4.98 Å². The van der Waals surface area contributed by atoms with Crippen LogP contribution in [0.2, 0.25) is 0 Å². The second-order valence-electron chi connectivity index (χ2n) is 5.97. The van der Waals surface area contributed by atoms with Gasteiger partial charge in [0.25, 0.3) is 0 Å². The molecule has 1 atom stereocenters. The summed E-state index contributed by atoms with van der Waals surface area (Å²) in [7, 11) is 0. The number of hydrogen-bond donors (Lipinski definition) is 1. The minimum Gasteiger partial charge on any atom is -0.360 e. The van der Waals surface area contributed by atoms with Crippen molar-refractivity contribution in [2.45, 2.75) is 32.2 Å². The molecule has 0 amide bonds. The highest BCUT2D eigenvalue weighted by Crippen LogP contribution is 2.38. The fourth-order valence-corrected chi connectivity index (χ4v) is 4.16. The molecular weight excluding hydrogens is 323 g/mol. The van der Waals surface area contributed by atoms with Crippen LogP contribution in [0.4, 0.5) is 10.2 Å². The van der Waals surface area contributed by atoms with Crippen molar-refractivity contribution < 1.29 is 4.39 Å². The predicted octanol–water partition coefficient (Wildman–Crippen LogP) is 4.54. The molecule has 0 radical (unpaired) electrons. The fraction of sp³-hybridized carbons (Fsp3) is 0.278. The first-order valence-corrected chi connectivity index (χ1v) is 8.81. The van der Waals surface area contributed by atoms with Crippen molar-refractivity contribution in [1.29, 1.82) is 0 Å². The zero-order chi connectivity index (χ0) is 16.5. The zero-order valence-electron chi connectivity index (χ0n) is 13.3. The highest BCUT2D eigenvalue weighted by molar-refractivity contribution is 7.15. The molecule has 2 heterocycles. The maximum atomic E-state index is 13.1. The van der Waals surface area contributed by atoms with Gasteiger partial charge < -0.3 is 5.32 Å². The molecule has 122 valence electrons. The van der Waals surface area contributed by atoms with E-state index in [0.717, 1.165) is 47.0 Å². The second-order valence-corrected chi connectivity index (χ2v) is 7.05. The van der Waals surface area contributed by atoms with Gasteiger partial charge in [-0.25, -0.2) is 14.4 Å². The average molecular weight is 340 g/mol. The van der Waals surface area contributed by atoms with Crippen molar-refractivity contribution in [2.75, 3.05) is 5.32 Å². The topological polar surface area (TPSA) is 50.7 Å². The lowest BCUT2D eigenvalue weighted by atomic mass is 9.97. The van der Waals surface area contributed by atoms with E-state index < -0.39 is 0 Å². The van der Waals surface area contributed by atoms with Crippen LogP contribution in [0.3, 0.4) is 0 Å². The summed E-state index contributed by atoms with van der Waals surface area (Å²) in [6.45, 7) is 1.93. The van der Waals surface area contributed by atoms with Crippen LogP contribution in [0.15, 0.2) is 36.7 Å². The van der Waals surface area contributed by atoms with Gasteiger partial charge in [0.15, 0.2) is 0 Å². The molecule has 1 aromatic carbocycles. The van der Waals surface area contributed by atoms with Crippen LogP contribution < -0.4 is 5.32 Å². The Labute approximate surface area is 143 Å². The molecule has 1 aliphatic rings. The third-order valence-corrected chi connectivity index (χ3v) is 5.30. The number of benzene rings is 1. The summed E-state index contributed by atoms with van der Waals surface area (Å²) < 4.78 is 13.1. The maximum Gasteiger partial charge on any atom is 0.145 e. The van der Waals surface area contributed by atoms with E-state index in [2.05, 4.69) is 15.3 Å². The SMILES string of the molecule is Cc1cncc(NC2CCCc3sc(-c4ccc(F)cc4)nc32)n1. The number of nitrogens with one attached hydrogen (secondary N) is 1. The Bertz CT molecular complexity index is 860. The van der Waals surface area contributed by atoms with Crippen LogP contribution >= 0.6 is 11.3 Å². The first-order valence-electron chi connectivity index (χ1n) is 8.00. The largest absolute Gasteiger partial charge is 0.360 e. The van der Waals surface area contributed by atoms with E-state index in [-0.39, 0.29) is 11.9 Å². The number of anilines is 1. The number of halogens is 1. The van der Waals surface area contributed by atoms with Gasteiger partial charge in [0, 0.05) is 16.6 Å². The van der Waals surface area contributed by atoms with Crippen LogP contribution in [0.5, 0.6) is 0 Å². The van der Waals surface area contributed by atoms with Gasteiger partial charge in [-0.15, -0.1) is 11.3 Å². The van der Waals surface area contributed by atoms with Gasteiger partial charge in [0.2, 0.25) is 0 Å². The Morgan fingerprint density at radius 1 is 1.17 bits per heavy atom. The lowest BCUT2D eigenvalue weighted by Gasteiger charge is -2.22. The molecule has 0 spiro atoms. The molecule has 0 aliphatic heterocycles. The van der Waals surface area contributed by atoms with Crippen LogP contribution in [-0.2, 0) is 6.42 Å². The summed E-state index contributed by atoms with van der Waals surface area (Å²) >= 11 is 1.70. The molecule has 1 unspecified atom stereocenters. The average Bonchev–Trinajstić information content (AvgIpc) is 3.01. The number of aromatic nitrogens is 3. The van der Waals surface area contributed by atoms with E-state index in [0.29, 0.717) is 0 Å². The Morgan fingerprint density at radius 2 is 2.00 bits per heavy atom. The minimum atomic E-state index is -0.224. The molecule has 0 saturated carbocycles. The second kappa shape index (κ2) is 6.28. The summed E-state index contributed by atoms with van der Waals surface area (Å²) in [4.78, 5) is 14.8. The smallest absolute Gasteiger partial charge is 0.145 e. The van der Waals surface area contributed by atoms with Gasteiger partial charge in [0.1, 0.15) is 16.6 Å². The Hall–Kier alpha value is -2.34. The Morgan fingerprint density at radius 3 is 2.79 bits per heavy atom. The molecule has 0 bridgehead atoms. The third-order valence-electron chi connectivity index (χ3n) is 4.12. The van der Waals surface area contributed by atoms with Crippen molar-refractivity contribution in [3.8, 4) is 10.6 Å².